The summed E-state index contributed by atoms with van der Waals surface area (Å²) in [4.78, 5) is 0. The second kappa shape index (κ2) is 1.88. The Hall–Kier alpha value is -0.760. The maximum Gasteiger partial charge on any atom is 0.222 e. The number of hydrogen-bond donors (Lipinski definition) is 0. The first-order valence-electron chi connectivity index (χ1n) is 3.09. The largest absolute Gasteiger partial charge is 0.469 e. The van der Waals surface area contributed by atoms with Crippen LogP contribution in [0.3, 0.4) is 0 Å². The molecular formula is C7H8O2. The highest BCUT2D eigenvalue weighted by molar-refractivity contribution is 5.19. The molecule has 0 aromatic heterocycles. The molecule has 1 atom stereocenters. The Morgan fingerprint density at radius 3 is 3.44 bits per heavy atom. The number of fused-ring (bicyclic) bond motifs is 1. The summed E-state index contributed by atoms with van der Waals surface area (Å²) in [6, 6.07) is 0. The van der Waals surface area contributed by atoms with Crippen LogP contribution >= 0.6 is 0 Å². The maximum atomic E-state index is 5.22. The van der Waals surface area contributed by atoms with Crippen LogP contribution < -0.4 is 0 Å². The fourth-order valence-electron chi connectivity index (χ4n) is 1.08. The van der Waals surface area contributed by atoms with E-state index in [1.165, 1.54) is 5.57 Å². The standard InChI is InChI=1S/C7H8O2/c1-2-6-3-5-9-7(6)8-4-1/h1-2,4,7H,3,5H2. The second-order valence-corrected chi connectivity index (χ2v) is 2.16. The minimum absolute atomic E-state index is 0.0602. The van der Waals surface area contributed by atoms with Gasteiger partial charge in [-0.25, -0.2) is 0 Å². The molecular weight excluding hydrogens is 116 g/mol. The van der Waals surface area contributed by atoms with E-state index in [-0.39, 0.29) is 6.29 Å². The molecule has 0 spiro atoms. The van der Waals surface area contributed by atoms with Crippen LogP contribution in [0.4, 0.5) is 0 Å². The van der Waals surface area contributed by atoms with Gasteiger partial charge < -0.3 is 9.47 Å². The smallest absolute Gasteiger partial charge is 0.222 e. The quantitative estimate of drug-likeness (QED) is 0.483. The van der Waals surface area contributed by atoms with Gasteiger partial charge in [-0.3, -0.25) is 0 Å². The average Bonchev–Trinajstić information content (AvgIpc) is 2.33. The van der Waals surface area contributed by atoms with Gasteiger partial charge in [0.05, 0.1) is 12.9 Å². The Balaban J connectivity index is 2.23. The van der Waals surface area contributed by atoms with Crippen molar-refractivity contribution in [1.82, 2.24) is 0 Å². The summed E-state index contributed by atoms with van der Waals surface area (Å²) in [7, 11) is 0. The van der Waals surface area contributed by atoms with E-state index in [2.05, 4.69) is 6.08 Å². The van der Waals surface area contributed by atoms with Crippen molar-refractivity contribution in [3.05, 3.63) is 24.0 Å². The van der Waals surface area contributed by atoms with Crippen LogP contribution in [-0.4, -0.2) is 12.9 Å². The summed E-state index contributed by atoms with van der Waals surface area (Å²) >= 11 is 0. The highest BCUT2D eigenvalue weighted by Gasteiger charge is 2.22. The SMILES string of the molecule is C1=COC2OCCC2=C1. The molecule has 2 heterocycles. The summed E-state index contributed by atoms with van der Waals surface area (Å²) in [6.45, 7) is 0.804. The van der Waals surface area contributed by atoms with Crippen LogP contribution in [0.2, 0.25) is 0 Å². The molecule has 1 unspecified atom stereocenters. The monoisotopic (exact) mass is 124 g/mol. The molecule has 1 saturated heterocycles. The molecule has 1 fully saturated rings. The molecule has 0 saturated carbocycles. The fraction of sp³-hybridized carbons (Fsp3) is 0.429. The van der Waals surface area contributed by atoms with Gasteiger partial charge in [0.2, 0.25) is 6.29 Å². The highest BCUT2D eigenvalue weighted by atomic mass is 16.7. The van der Waals surface area contributed by atoms with Crippen LogP contribution in [0, 0.1) is 0 Å². The van der Waals surface area contributed by atoms with Crippen molar-refractivity contribution in [2.45, 2.75) is 12.7 Å². The molecule has 48 valence electrons. The average molecular weight is 124 g/mol. The van der Waals surface area contributed by atoms with Crippen LogP contribution in [0.15, 0.2) is 24.0 Å². The van der Waals surface area contributed by atoms with Crippen molar-refractivity contribution in [2.24, 2.45) is 0 Å². The van der Waals surface area contributed by atoms with Gasteiger partial charge in [-0.15, -0.1) is 0 Å². The minimum atomic E-state index is -0.0602. The van der Waals surface area contributed by atoms with Gasteiger partial charge in [-0.2, -0.15) is 0 Å². The lowest BCUT2D eigenvalue weighted by molar-refractivity contribution is -0.0510. The van der Waals surface area contributed by atoms with E-state index >= 15 is 0 Å². The summed E-state index contributed by atoms with van der Waals surface area (Å²) in [5.41, 5.74) is 1.26. The van der Waals surface area contributed by atoms with Crippen LogP contribution in [0.1, 0.15) is 6.42 Å². The first-order valence-corrected chi connectivity index (χ1v) is 3.09. The Morgan fingerprint density at radius 1 is 1.56 bits per heavy atom. The molecule has 2 heteroatoms. The van der Waals surface area contributed by atoms with E-state index in [9.17, 15) is 0 Å². The van der Waals surface area contributed by atoms with Gasteiger partial charge in [-0.05, 0) is 12.5 Å². The third kappa shape index (κ3) is 0.754. The highest BCUT2D eigenvalue weighted by Crippen LogP contribution is 2.23. The summed E-state index contributed by atoms with van der Waals surface area (Å²) < 4.78 is 10.3. The fourth-order valence-corrected chi connectivity index (χ4v) is 1.08. The van der Waals surface area contributed by atoms with Crippen molar-refractivity contribution in [1.29, 1.82) is 0 Å². The molecule has 2 aliphatic heterocycles. The molecule has 0 amide bonds. The number of ether oxygens (including phenoxy) is 2. The zero-order valence-corrected chi connectivity index (χ0v) is 5.04. The van der Waals surface area contributed by atoms with Gasteiger partial charge in [-0.1, -0.05) is 6.08 Å². The van der Waals surface area contributed by atoms with Crippen molar-refractivity contribution in [2.75, 3.05) is 6.61 Å². The Bertz CT molecular complexity index is 170. The van der Waals surface area contributed by atoms with Gasteiger partial charge >= 0.3 is 0 Å². The van der Waals surface area contributed by atoms with E-state index in [0.29, 0.717) is 0 Å². The van der Waals surface area contributed by atoms with Gasteiger partial charge in [0.15, 0.2) is 0 Å². The first kappa shape index (κ1) is 5.06. The third-order valence-corrected chi connectivity index (χ3v) is 1.55. The Kier molecular flexibility index (Phi) is 1.06. The lowest BCUT2D eigenvalue weighted by Gasteiger charge is -2.12. The second-order valence-electron chi connectivity index (χ2n) is 2.16. The predicted molar refractivity (Wildman–Crippen MR) is 32.7 cm³/mol. The topological polar surface area (TPSA) is 18.5 Å². The predicted octanol–water partition coefficient (Wildman–Crippen LogP) is 1.20. The lowest BCUT2D eigenvalue weighted by Crippen LogP contribution is -2.10. The van der Waals surface area contributed by atoms with Gasteiger partial charge in [0.25, 0.3) is 0 Å². The van der Waals surface area contributed by atoms with Crippen LogP contribution in [0.25, 0.3) is 0 Å². The molecule has 9 heavy (non-hydrogen) atoms. The molecule has 0 radical (unpaired) electrons. The van der Waals surface area contributed by atoms with Crippen molar-refractivity contribution in [3.8, 4) is 0 Å². The van der Waals surface area contributed by atoms with Gasteiger partial charge in [0, 0.05) is 5.57 Å². The molecule has 2 aliphatic rings. The molecule has 2 rings (SSSR count). The maximum absolute atomic E-state index is 5.22. The zero-order chi connectivity index (χ0) is 6.10. The lowest BCUT2D eigenvalue weighted by atomic mass is 10.2. The molecule has 0 aromatic rings. The summed E-state index contributed by atoms with van der Waals surface area (Å²) in [6.07, 6.45) is 6.59. The van der Waals surface area contributed by atoms with E-state index in [1.54, 1.807) is 6.26 Å². The minimum Gasteiger partial charge on any atom is -0.469 e. The molecule has 0 aliphatic carbocycles. The van der Waals surface area contributed by atoms with Gasteiger partial charge in [0.1, 0.15) is 0 Å². The zero-order valence-electron chi connectivity index (χ0n) is 5.04. The van der Waals surface area contributed by atoms with E-state index in [0.717, 1.165) is 13.0 Å². The molecule has 0 N–H and O–H groups in total. The van der Waals surface area contributed by atoms with Crippen LogP contribution in [-0.2, 0) is 9.47 Å². The Morgan fingerprint density at radius 2 is 2.56 bits per heavy atom. The van der Waals surface area contributed by atoms with Crippen molar-refractivity contribution in [3.63, 3.8) is 0 Å². The molecule has 0 aromatic carbocycles. The van der Waals surface area contributed by atoms with E-state index in [4.69, 9.17) is 9.47 Å². The van der Waals surface area contributed by atoms with Crippen molar-refractivity contribution >= 4 is 0 Å². The van der Waals surface area contributed by atoms with E-state index < -0.39 is 0 Å². The summed E-state index contributed by atoms with van der Waals surface area (Å²) in [5, 5.41) is 0. The first-order chi connectivity index (χ1) is 4.47. The normalized spacial score (nSPS) is 31.1. The molecule has 0 bridgehead atoms. The summed E-state index contributed by atoms with van der Waals surface area (Å²) in [5.74, 6) is 0. The Labute approximate surface area is 53.8 Å². The number of allylic oxidation sites excluding steroid dienone is 2. The van der Waals surface area contributed by atoms with E-state index in [1.807, 2.05) is 6.08 Å². The number of hydrogen-bond acceptors (Lipinski definition) is 2. The van der Waals surface area contributed by atoms with Crippen LogP contribution in [0.5, 0.6) is 0 Å². The third-order valence-electron chi connectivity index (χ3n) is 1.55. The number of rotatable bonds is 0. The molecule has 2 nitrogen and oxygen atoms in total. The van der Waals surface area contributed by atoms with Crippen molar-refractivity contribution < 1.29 is 9.47 Å².